The molecule has 1 saturated carbocycles. The maximum absolute atomic E-state index is 13.1. The second-order valence-electron chi connectivity index (χ2n) is 6.91. The van der Waals surface area contributed by atoms with Crippen LogP contribution in [0.25, 0.3) is 0 Å². The Morgan fingerprint density at radius 2 is 1.92 bits per heavy atom. The molecule has 1 aromatic carbocycles. The quantitative estimate of drug-likeness (QED) is 0.812. The van der Waals surface area contributed by atoms with E-state index >= 15 is 0 Å². The van der Waals surface area contributed by atoms with Gasteiger partial charge in [0.15, 0.2) is 0 Å². The molecule has 26 heavy (non-hydrogen) atoms. The fourth-order valence-corrected chi connectivity index (χ4v) is 3.71. The molecule has 2 aliphatic rings. The van der Waals surface area contributed by atoms with Crippen molar-refractivity contribution in [3.8, 4) is 0 Å². The molecular formula is C20H20ClN3O2. The number of carbonyl (C=O) groups is 2. The van der Waals surface area contributed by atoms with Crippen LogP contribution in [0.5, 0.6) is 0 Å². The van der Waals surface area contributed by atoms with Gasteiger partial charge in [-0.05, 0) is 42.7 Å². The van der Waals surface area contributed by atoms with Gasteiger partial charge in [0.05, 0.1) is 16.6 Å². The van der Waals surface area contributed by atoms with E-state index in [1.165, 1.54) is 0 Å². The Labute approximate surface area is 157 Å². The van der Waals surface area contributed by atoms with Crippen molar-refractivity contribution >= 4 is 29.1 Å². The van der Waals surface area contributed by atoms with E-state index in [2.05, 4.69) is 4.98 Å². The minimum Gasteiger partial charge on any atom is -0.335 e. The van der Waals surface area contributed by atoms with Crippen LogP contribution in [0.1, 0.15) is 24.8 Å². The Bertz CT molecular complexity index is 823. The lowest BCUT2D eigenvalue weighted by Gasteiger charge is -2.26. The fourth-order valence-electron chi connectivity index (χ4n) is 3.47. The summed E-state index contributed by atoms with van der Waals surface area (Å²) in [6, 6.07) is 11.4. The number of anilines is 1. The smallest absolute Gasteiger partial charge is 0.228 e. The van der Waals surface area contributed by atoms with Gasteiger partial charge in [-0.25, -0.2) is 0 Å². The first-order valence-corrected chi connectivity index (χ1v) is 9.25. The van der Waals surface area contributed by atoms with Gasteiger partial charge in [-0.1, -0.05) is 23.7 Å². The molecule has 1 aliphatic carbocycles. The molecule has 2 amide bonds. The Morgan fingerprint density at radius 3 is 2.62 bits per heavy atom. The second-order valence-corrected chi connectivity index (χ2v) is 7.32. The lowest BCUT2D eigenvalue weighted by molar-refractivity contribution is -0.137. The first-order chi connectivity index (χ1) is 12.6. The maximum Gasteiger partial charge on any atom is 0.228 e. The van der Waals surface area contributed by atoms with Crippen LogP contribution in [-0.2, 0) is 16.1 Å². The van der Waals surface area contributed by atoms with E-state index < -0.39 is 0 Å². The van der Waals surface area contributed by atoms with Crippen molar-refractivity contribution in [3.63, 3.8) is 0 Å². The maximum atomic E-state index is 13.1. The summed E-state index contributed by atoms with van der Waals surface area (Å²) < 4.78 is 0. The van der Waals surface area contributed by atoms with Crippen LogP contribution in [0.4, 0.5) is 5.69 Å². The SMILES string of the molecule is O=C1CC(C(=O)N(Cc2ccncc2)C2CC2)CN1c1ccccc1Cl. The summed E-state index contributed by atoms with van der Waals surface area (Å²) in [6.45, 7) is 0.962. The van der Waals surface area contributed by atoms with E-state index in [4.69, 9.17) is 11.6 Å². The van der Waals surface area contributed by atoms with Gasteiger partial charge in [0.25, 0.3) is 0 Å². The molecule has 5 nitrogen and oxygen atoms in total. The summed E-state index contributed by atoms with van der Waals surface area (Å²) in [5.41, 5.74) is 1.74. The number of hydrogen-bond acceptors (Lipinski definition) is 3. The number of pyridine rings is 1. The highest BCUT2D eigenvalue weighted by Crippen LogP contribution is 2.34. The Morgan fingerprint density at radius 1 is 1.19 bits per heavy atom. The predicted octanol–water partition coefficient (Wildman–Crippen LogP) is 3.28. The van der Waals surface area contributed by atoms with Crippen LogP contribution in [0.2, 0.25) is 5.02 Å². The molecule has 1 saturated heterocycles. The molecule has 0 radical (unpaired) electrons. The van der Waals surface area contributed by atoms with Crippen molar-refractivity contribution in [2.75, 3.05) is 11.4 Å². The molecule has 2 heterocycles. The molecule has 134 valence electrons. The van der Waals surface area contributed by atoms with Gasteiger partial charge in [0.1, 0.15) is 0 Å². The first kappa shape index (κ1) is 17.0. The molecule has 0 spiro atoms. The van der Waals surface area contributed by atoms with E-state index in [-0.39, 0.29) is 24.2 Å². The summed E-state index contributed by atoms with van der Waals surface area (Å²) in [5, 5.41) is 0.532. The molecule has 2 aromatic rings. The largest absolute Gasteiger partial charge is 0.335 e. The number of halogens is 1. The summed E-state index contributed by atoms with van der Waals surface area (Å²) in [6.07, 6.45) is 5.79. The van der Waals surface area contributed by atoms with Gasteiger partial charge in [0.2, 0.25) is 11.8 Å². The Hall–Kier alpha value is -2.40. The molecule has 1 aliphatic heterocycles. The predicted molar refractivity (Wildman–Crippen MR) is 99.7 cm³/mol. The number of benzene rings is 1. The molecular weight excluding hydrogens is 350 g/mol. The third-order valence-electron chi connectivity index (χ3n) is 4.99. The summed E-state index contributed by atoms with van der Waals surface area (Å²) in [5.74, 6) is -0.301. The normalized spacial score (nSPS) is 19.7. The topological polar surface area (TPSA) is 53.5 Å². The van der Waals surface area contributed by atoms with Crippen molar-refractivity contribution in [3.05, 3.63) is 59.4 Å². The molecule has 6 heteroatoms. The van der Waals surface area contributed by atoms with E-state index in [9.17, 15) is 9.59 Å². The average Bonchev–Trinajstić information content (AvgIpc) is 3.42. The molecule has 1 aromatic heterocycles. The van der Waals surface area contributed by atoms with Crippen molar-refractivity contribution < 1.29 is 9.59 Å². The van der Waals surface area contributed by atoms with Crippen LogP contribution < -0.4 is 4.90 Å². The number of aromatic nitrogens is 1. The van der Waals surface area contributed by atoms with Crippen LogP contribution in [0, 0.1) is 5.92 Å². The number of carbonyl (C=O) groups excluding carboxylic acids is 2. The monoisotopic (exact) mass is 369 g/mol. The van der Waals surface area contributed by atoms with E-state index in [0.717, 1.165) is 18.4 Å². The standard InChI is InChI=1S/C20H20ClN3O2/c21-17-3-1-2-4-18(17)24-13-15(11-19(24)25)20(26)23(16-5-6-16)12-14-7-9-22-10-8-14/h1-4,7-10,15-16H,5-6,11-13H2. The molecule has 0 N–H and O–H groups in total. The number of nitrogens with zero attached hydrogens (tertiary/aromatic N) is 3. The molecule has 4 rings (SSSR count). The van der Waals surface area contributed by atoms with Crippen LogP contribution in [-0.4, -0.2) is 34.3 Å². The minimum atomic E-state index is -0.318. The summed E-state index contributed by atoms with van der Waals surface area (Å²) >= 11 is 6.23. The number of hydrogen-bond donors (Lipinski definition) is 0. The number of para-hydroxylation sites is 1. The zero-order valence-corrected chi connectivity index (χ0v) is 15.1. The fraction of sp³-hybridized carbons (Fsp3) is 0.350. The third kappa shape index (κ3) is 3.44. The third-order valence-corrected chi connectivity index (χ3v) is 5.31. The first-order valence-electron chi connectivity index (χ1n) is 8.88. The highest BCUT2D eigenvalue weighted by molar-refractivity contribution is 6.33. The van der Waals surface area contributed by atoms with E-state index in [1.54, 1.807) is 23.4 Å². The number of rotatable bonds is 5. The highest BCUT2D eigenvalue weighted by atomic mass is 35.5. The van der Waals surface area contributed by atoms with Gasteiger partial charge >= 0.3 is 0 Å². The second kappa shape index (κ2) is 7.08. The van der Waals surface area contributed by atoms with Crippen LogP contribution in [0.3, 0.4) is 0 Å². The molecule has 1 atom stereocenters. The van der Waals surface area contributed by atoms with Crippen LogP contribution >= 0.6 is 11.6 Å². The molecule has 2 fully saturated rings. The van der Waals surface area contributed by atoms with Gasteiger partial charge < -0.3 is 9.80 Å². The molecule has 1 unspecified atom stereocenters. The zero-order chi connectivity index (χ0) is 18.1. The molecule has 0 bridgehead atoms. The zero-order valence-electron chi connectivity index (χ0n) is 14.3. The average molecular weight is 370 g/mol. The minimum absolute atomic E-state index is 0.0453. The highest BCUT2D eigenvalue weighted by Gasteiger charge is 2.41. The van der Waals surface area contributed by atoms with Crippen molar-refractivity contribution in [2.45, 2.75) is 31.8 Å². The van der Waals surface area contributed by atoms with E-state index in [0.29, 0.717) is 29.8 Å². The summed E-state index contributed by atoms with van der Waals surface area (Å²) in [4.78, 5) is 33.2. The lowest BCUT2D eigenvalue weighted by atomic mass is 10.1. The Balaban J connectivity index is 1.50. The van der Waals surface area contributed by atoms with Crippen molar-refractivity contribution in [2.24, 2.45) is 5.92 Å². The Kier molecular flexibility index (Phi) is 4.64. The summed E-state index contributed by atoms with van der Waals surface area (Å²) in [7, 11) is 0. The van der Waals surface area contributed by atoms with Gasteiger partial charge in [-0.15, -0.1) is 0 Å². The van der Waals surface area contributed by atoms with Crippen molar-refractivity contribution in [1.82, 2.24) is 9.88 Å². The number of amides is 2. The van der Waals surface area contributed by atoms with Gasteiger partial charge in [0, 0.05) is 37.9 Å². The van der Waals surface area contributed by atoms with Gasteiger partial charge in [-0.3, -0.25) is 14.6 Å². The van der Waals surface area contributed by atoms with Crippen molar-refractivity contribution in [1.29, 1.82) is 0 Å². The van der Waals surface area contributed by atoms with Crippen LogP contribution in [0.15, 0.2) is 48.8 Å². The van der Waals surface area contributed by atoms with E-state index in [1.807, 2.05) is 35.2 Å². The lowest BCUT2D eigenvalue weighted by Crippen LogP contribution is -2.38. The van der Waals surface area contributed by atoms with Gasteiger partial charge in [-0.2, -0.15) is 0 Å².